The number of hydrogen-bond acceptors (Lipinski definition) is 5. The summed E-state index contributed by atoms with van der Waals surface area (Å²) in [7, 11) is 0. The van der Waals surface area contributed by atoms with Gasteiger partial charge in [-0.05, 0) is 44.0 Å². The number of carbonyl (C=O) groups excluding carboxylic acids is 2. The van der Waals surface area contributed by atoms with Crippen LogP contribution in [0, 0.1) is 0 Å². The molecule has 2 aliphatic heterocycles. The van der Waals surface area contributed by atoms with E-state index in [1.807, 2.05) is 4.90 Å². The number of hydrogen-bond donors (Lipinski definition) is 3. The fraction of sp³-hybridized carbons (Fsp3) is 0.476. The summed E-state index contributed by atoms with van der Waals surface area (Å²) >= 11 is 5.83. The number of benzene rings is 1. The van der Waals surface area contributed by atoms with Crippen LogP contribution in [0.5, 0.6) is 5.75 Å². The van der Waals surface area contributed by atoms with E-state index in [4.69, 9.17) is 16.3 Å². The SMILES string of the molecule is CC(NC(=O)COc1ccc(Cl)cc1)C(=O)N1CCC2(CC1)NCCc1[nH]cnc12. The van der Waals surface area contributed by atoms with Gasteiger partial charge in [-0.3, -0.25) is 9.59 Å². The summed E-state index contributed by atoms with van der Waals surface area (Å²) < 4.78 is 5.44. The third-order valence-corrected chi connectivity index (χ3v) is 6.12. The van der Waals surface area contributed by atoms with E-state index >= 15 is 0 Å². The second-order valence-corrected chi connectivity index (χ2v) is 8.28. The van der Waals surface area contributed by atoms with Crippen LogP contribution in [-0.2, 0) is 21.5 Å². The van der Waals surface area contributed by atoms with Crippen molar-refractivity contribution in [2.24, 2.45) is 0 Å². The lowest BCUT2D eigenvalue weighted by atomic mass is 9.80. The van der Waals surface area contributed by atoms with Gasteiger partial charge in [-0.2, -0.15) is 0 Å². The van der Waals surface area contributed by atoms with Gasteiger partial charge in [0, 0.05) is 36.8 Å². The minimum Gasteiger partial charge on any atom is -0.484 e. The second kappa shape index (κ2) is 8.65. The molecule has 8 nitrogen and oxygen atoms in total. The van der Waals surface area contributed by atoms with E-state index in [0.717, 1.165) is 31.5 Å². The Labute approximate surface area is 180 Å². The first-order valence-electron chi connectivity index (χ1n) is 10.2. The first-order valence-corrected chi connectivity index (χ1v) is 10.6. The number of aromatic amines is 1. The van der Waals surface area contributed by atoms with Crippen LogP contribution in [-0.4, -0.2) is 59.0 Å². The van der Waals surface area contributed by atoms with Crippen LogP contribution >= 0.6 is 11.6 Å². The van der Waals surface area contributed by atoms with Gasteiger partial charge in [0.1, 0.15) is 11.8 Å². The van der Waals surface area contributed by atoms with Crippen molar-refractivity contribution in [3.63, 3.8) is 0 Å². The maximum Gasteiger partial charge on any atom is 0.258 e. The summed E-state index contributed by atoms with van der Waals surface area (Å²) in [6, 6.07) is 6.16. The van der Waals surface area contributed by atoms with Gasteiger partial charge in [-0.25, -0.2) is 4.98 Å². The van der Waals surface area contributed by atoms with Gasteiger partial charge in [0.15, 0.2) is 6.61 Å². The van der Waals surface area contributed by atoms with Crippen LogP contribution in [0.4, 0.5) is 0 Å². The van der Waals surface area contributed by atoms with Crippen LogP contribution in [0.1, 0.15) is 31.2 Å². The number of likely N-dealkylation sites (tertiary alicyclic amines) is 1. The summed E-state index contributed by atoms with van der Waals surface area (Å²) in [5.74, 6) is 0.129. The maximum atomic E-state index is 12.8. The first kappa shape index (κ1) is 20.7. The van der Waals surface area contributed by atoms with E-state index in [1.54, 1.807) is 37.5 Å². The maximum absolute atomic E-state index is 12.8. The number of H-pyrrole nitrogens is 1. The zero-order valence-corrected chi connectivity index (χ0v) is 17.7. The zero-order valence-electron chi connectivity index (χ0n) is 16.9. The molecular weight excluding hydrogens is 406 g/mol. The van der Waals surface area contributed by atoms with Gasteiger partial charge in [0.2, 0.25) is 5.91 Å². The Morgan fingerprint density at radius 1 is 1.30 bits per heavy atom. The van der Waals surface area contributed by atoms with Crippen LogP contribution in [0.2, 0.25) is 5.02 Å². The molecule has 1 atom stereocenters. The summed E-state index contributed by atoms with van der Waals surface area (Å²) in [6.45, 7) is 3.70. The average molecular weight is 432 g/mol. The molecule has 1 aromatic carbocycles. The molecule has 0 radical (unpaired) electrons. The lowest BCUT2D eigenvalue weighted by molar-refractivity contribution is -0.138. The molecule has 3 heterocycles. The Morgan fingerprint density at radius 2 is 2.03 bits per heavy atom. The predicted molar refractivity (Wildman–Crippen MR) is 112 cm³/mol. The minimum absolute atomic E-state index is 0.0808. The van der Waals surface area contributed by atoms with E-state index in [0.29, 0.717) is 23.9 Å². The van der Waals surface area contributed by atoms with Crippen LogP contribution in [0.25, 0.3) is 0 Å². The molecule has 1 fully saturated rings. The molecule has 2 aliphatic rings. The Balaban J connectivity index is 1.27. The van der Waals surface area contributed by atoms with E-state index in [9.17, 15) is 9.59 Å². The number of piperidine rings is 1. The average Bonchev–Trinajstić information content (AvgIpc) is 3.24. The molecule has 2 amide bonds. The van der Waals surface area contributed by atoms with E-state index in [-0.39, 0.29) is 24.0 Å². The number of nitrogens with one attached hydrogen (secondary N) is 3. The minimum atomic E-state index is -0.611. The summed E-state index contributed by atoms with van der Waals surface area (Å²) in [5.41, 5.74) is 2.11. The van der Waals surface area contributed by atoms with E-state index < -0.39 is 6.04 Å². The lowest BCUT2D eigenvalue weighted by Crippen LogP contribution is -2.57. The number of rotatable bonds is 5. The Bertz CT molecular complexity index is 906. The normalized spacial score (nSPS) is 18.5. The van der Waals surface area contributed by atoms with Crippen LogP contribution in [0.15, 0.2) is 30.6 Å². The van der Waals surface area contributed by atoms with Crippen molar-refractivity contribution in [3.05, 3.63) is 47.0 Å². The standard InChI is InChI=1S/C21H26ClN5O3/c1-14(26-18(28)12-30-16-4-2-15(22)3-5-16)20(29)27-10-7-21(8-11-27)19-17(6-9-25-21)23-13-24-19/h2-5,13-14,25H,6-12H2,1H3,(H,23,24)(H,26,28). The molecule has 2 aromatic rings. The fourth-order valence-electron chi connectivity index (χ4n) is 4.26. The van der Waals surface area contributed by atoms with Crippen molar-refractivity contribution in [1.29, 1.82) is 0 Å². The summed E-state index contributed by atoms with van der Waals surface area (Å²) in [6.07, 6.45) is 4.30. The smallest absolute Gasteiger partial charge is 0.258 e. The van der Waals surface area contributed by atoms with Crippen molar-refractivity contribution >= 4 is 23.4 Å². The first-order chi connectivity index (χ1) is 14.5. The molecule has 0 bridgehead atoms. The number of fused-ring (bicyclic) bond motifs is 2. The highest BCUT2D eigenvalue weighted by Crippen LogP contribution is 2.35. The van der Waals surface area contributed by atoms with Gasteiger partial charge < -0.3 is 25.3 Å². The molecule has 0 saturated carbocycles. The zero-order chi connectivity index (χ0) is 21.1. The highest BCUT2D eigenvalue weighted by molar-refractivity contribution is 6.30. The lowest BCUT2D eigenvalue weighted by Gasteiger charge is -2.44. The second-order valence-electron chi connectivity index (χ2n) is 7.85. The Morgan fingerprint density at radius 3 is 2.77 bits per heavy atom. The number of carbonyl (C=O) groups is 2. The van der Waals surface area contributed by atoms with Crippen LogP contribution in [0.3, 0.4) is 0 Å². The third-order valence-electron chi connectivity index (χ3n) is 5.87. The van der Waals surface area contributed by atoms with Crippen molar-refractivity contribution in [3.8, 4) is 5.75 Å². The number of aromatic nitrogens is 2. The molecule has 0 aliphatic carbocycles. The Hall–Kier alpha value is -2.58. The van der Waals surface area contributed by atoms with Gasteiger partial charge in [-0.15, -0.1) is 0 Å². The van der Waals surface area contributed by atoms with Gasteiger partial charge in [0.25, 0.3) is 5.91 Å². The molecule has 9 heteroatoms. The van der Waals surface area contributed by atoms with E-state index in [2.05, 4.69) is 20.6 Å². The number of nitrogens with zero attached hydrogens (tertiary/aromatic N) is 2. The highest BCUT2D eigenvalue weighted by Gasteiger charge is 2.42. The molecule has 1 aromatic heterocycles. The quantitative estimate of drug-likeness (QED) is 0.668. The highest BCUT2D eigenvalue weighted by atomic mass is 35.5. The van der Waals surface area contributed by atoms with Gasteiger partial charge in [-0.1, -0.05) is 11.6 Å². The molecule has 1 unspecified atom stereocenters. The molecular formula is C21H26ClN5O3. The van der Waals surface area contributed by atoms with E-state index in [1.165, 1.54) is 5.69 Å². The largest absolute Gasteiger partial charge is 0.484 e. The van der Waals surface area contributed by atoms with Crippen molar-refractivity contribution in [2.45, 2.75) is 37.8 Å². The van der Waals surface area contributed by atoms with Crippen molar-refractivity contribution in [2.75, 3.05) is 26.2 Å². The predicted octanol–water partition coefficient (Wildman–Crippen LogP) is 1.61. The molecule has 1 spiro atoms. The molecule has 160 valence electrons. The number of imidazole rings is 1. The van der Waals surface area contributed by atoms with Gasteiger partial charge in [0.05, 0.1) is 17.6 Å². The van der Waals surface area contributed by atoms with Crippen LogP contribution < -0.4 is 15.4 Å². The summed E-state index contributed by atoms with van der Waals surface area (Å²) in [4.78, 5) is 34.6. The molecule has 30 heavy (non-hydrogen) atoms. The van der Waals surface area contributed by atoms with Gasteiger partial charge >= 0.3 is 0 Å². The molecule has 1 saturated heterocycles. The Kier molecular flexibility index (Phi) is 5.97. The van der Waals surface area contributed by atoms with Crippen molar-refractivity contribution < 1.29 is 14.3 Å². The molecule has 4 rings (SSSR count). The number of ether oxygens (including phenoxy) is 1. The number of amides is 2. The number of halogens is 1. The van der Waals surface area contributed by atoms with Crippen molar-refractivity contribution in [1.82, 2.24) is 25.5 Å². The monoisotopic (exact) mass is 431 g/mol. The summed E-state index contributed by atoms with van der Waals surface area (Å²) in [5, 5.41) is 6.94. The molecule has 3 N–H and O–H groups in total. The third kappa shape index (κ3) is 4.29. The fourth-order valence-corrected chi connectivity index (χ4v) is 4.38. The topological polar surface area (TPSA) is 99.4 Å².